The topological polar surface area (TPSA) is 3.24 Å². The Labute approximate surface area is 392 Å². The van der Waals surface area contributed by atoms with Crippen molar-refractivity contribution in [1.29, 1.82) is 0 Å². The van der Waals surface area contributed by atoms with E-state index >= 15 is 0 Å². The SMILES string of the molecule is CC1(C)c2ccccc2C2(c3ccccc3-c3c(-c4ccc5c(ccc6cc(N(c7ccc(-c8ccccc8)cc7)c7ccc(-c8ccccc8)cc7)ccc65)c4)cccc32)c2ccccc21. The molecule has 2 aliphatic carbocycles. The molecule has 316 valence electrons. The number of hydrogen-bond acceptors (Lipinski definition) is 1. The molecule has 0 saturated carbocycles. The second kappa shape index (κ2) is 15.2. The highest BCUT2D eigenvalue weighted by Gasteiger charge is 2.53. The largest absolute Gasteiger partial charge is 0.310 e. The van der Waals surface area contributed by atoms with Gasteiger partial charge in [0.1, 0.15) is 0 Å². The summed E-state index contributed by atoms with van der Waals surface area (Å²) in [5.74, 6) is 0. The Bertz CT molecular complexity index is 3560. The van der Waals surface area contributed by atoms with E-state index in [1.165, 1.54) is 99.4 Å². The standard InChI is InChI=1S/C66H47N/c1-65(2)59-23-11-13-25-61(59)66(62-26-14-12-24-60(62)65)58-22-10-9-20-57(58)64-56(21-15-27-63(64)66)49-34-40-54-48(42-49)28-29-50-43-53(39-41-55(50)54)67(51-35-30-46(31-36-51)44-16-5-3-6-17-44)52-37-32-47(33-38-52)45-18-7-4-8-19-45/h3-43H,1-2H3. The predicted molar refractivity (Wildman–Crippen MR) is 282 cm³/mol. The van der Waals surface area contributed by atoms with Crippen LogP contribution in [0.25, 0.3) is 66.1 Å². The fraction of sp³-hybridized carbons (Fsp3) is 0.0606. The molecule has 0 fully saturated rings. The lowest BCUT2D eigenvalue weighted by atomic mass is 9.55. The van der Waals surface area contributed by atoms with Crippen molar-refractivity contribution in [2.75, 3.05) is 4.90 Å². The maximum absolute atomic E-state index is 2.41. The summed E-state index contributed by atoms with van der Waals surface area (Å²) in [6, 6.07) is 92.4. The van der Waals surface area contributed by atoms with E-state index in [-0.39, 0.29) is 5.41 Å². The first kappa shape index (κ1) is 39.1. The molecular formula is C66H47N. The van der Waals surface area contributed by atoms with Crippen LogP contribution >= 0.6 is 0 Å². The summed E-state index contributed by atoms with van der Waals surface area (Å²) in [6.07, 6.45) is 0. The summed E-state index contributed by atoms with van der Waals surface area (Å²) in [4.78, 5) is 2.38. The van der Waals surface area contributed by atoms with Gasteiger partial charge in [0.2, 0.25) is 0 Å². The van der Waals surface area contributed by atoms with Gasteiger partial charge in [-0.1, -0.05) is 220 Å². The maximum atomic E-state index is 2.41. The van der Waals surface area contributed by atoms with Crippen molar-refractivity contribution >= 4 is 38.6 Å². The molecule has 0 saturated heterocycles. The van der Waals surface area contributed by atoms with E-state index in [0.29, 0.717) is 0 Å². The lowest BCUT2D eigenvalue weighted by Crippen LogP contribution is -2.40. The molecule has 11 aromatic rings. The Hall–Kier alpha value is -8.26. The Balaban J connectivity index is 0.923. The number of anilines is 3. The molecular weight excluding hydrogens is 807 g/mol. The van der Waals surface area contributed by atoms with E-state index in [0.717, 1.165) is 17.1 Å². The Kier molecular flexibility index (Phi) is 8.85. The molecule has 1 nitrogen and oxygen atoms in total. The first-order valence-corrected chi connectivity index (χ1v) is 23.5. The zero-order valence-corrected chi connectivity index (χ0v) is 37.6. The third kappa shape index (κ3) is 5.94. The molecule has 0 aliphatic heterocycles. The van der Waals surface area contributed by atoms with Gasteiger partial charge in [0, 0.05) is 22.5 Å². The minimum atomic E-state index is -0.419. The third-order valence-electron chi connectivity index (χ3n) is 14.9. The monoisotopic (exact) mass is 853 g/mol. The number of fused-ring (bicyclic) bond motifs is 12. The van der Waals surface area contributed by atoms with Crippen LogP contribution in [0.3, 0.4) is 0 Å². The van der Waals surface area contributed by atoms with E-state index in [9.17, 15) is 0 Å². The highest BCUT2D eigenvalue weighted by Crippen LogP contribution is 2.63. The second-order valence-electron chi connectivity index (χ2n) is 18.8. The molecule has 1 spiro atoms. The van der Waals surface area contributed by atoms with Crippen LogP contribution < -0.4 is 4.90 Å². The van der Waals surface area contributed by atoms with Crippen LogP contribution in [0, 0.1) is 0 Å². The highest BCUT2D eigenvalue weighted by atomic mass is 15.1. The van der Waals surface area contributed by atoms with Crippen molar-refractivity contribution in [3.63, 3.8) is 0 Å². The smallest absolute Gasteiger partial charge is 0.0719 e. The van der Waals surface area contributed by atoms with Gasteiger partial charge < -0.3 is 4.90 Å². The minimum Gasteiger partial charge on any atom is -0.310 e. The van der Waals surface area contributed by atoms with E-state index in [2.05, 4.69) is 267 Å². The normalized spacial score (nSPS) is 13.8. The third-order valence-corrected chi connectivity index (χ3v) is 14.9. The molecule has 0 heterocycles. The maximum Gasteiger partial charge on any atom is 0.0719 e. The number of benzene rings is 11. The van der Waals surface area contributed by atoms with Crippen LogP contribution in [0.15, 0.2) is 249 Å². The van der Waals surface area contributed by atoms with Gasteiger partial charge in [0.15, 0.2) is 0 Å². The molecule has 2 aliphatic rings. The average Bonchev–Trinajstić information content (AvgIpc) is 3.70. The van der Waals surface area contributed by atoms with Gasteiger partial charge in [-0.05, 0) is 142 Å². The number of rotatable bonds is 6. The van der Waals surface area contributed by atoms with E-state index in [1.807, 2.05) is 0 Å². The van der Waals surface area contributed by atoms with Crippen LogP contribution in [0.1, 0.15) is 47.2 Å². The van der Waals surface area contributed by atoms with Crippen molar-refractivity contribution in [3.8, 4) is 44.5 Å². The molecule has 0 radical (unpaired) electrons. The number of nitrogens with zero attached hydrogens (tertiary/aromatic N) is 1. The minimum absolute atomic E-state index is 0.129. The van der Waals surface area contributed by atoms with Crippen LogP contribution in [-0.2, 0) is 10.8 Å². The lowest BCUT2D eigenvalue weighted by molar-refractivity contribution is 0.563. The van der Waals surface area contributed by atoms with Crippen molar-refractivity contribution in [2.45, 2.75) is 24.7 Å². The highest BCUT2D eigenvalue weighted by molar-refractivity contribution is 6.10. The average molecular weight is 854 g/mol. The van der Waals surface area contributed by atoms with E-state index in [1.54, 1.807) is 0 Å². The molecule has 0 bridgehead atoms. The molecule has 0 N–H and O–H groups in total. The zero-order chi connectivity index (χ0) is 44.7. The number of hydrogen-bond donors (Lipinski definition) is 0. The van der Waals surface area contributed by atoms with Gasteiger partial charge in [0.25, 0.3) is 0 Å². The van der Waals surface area contributed by atoms with Crippen molar-refractivity contribution in [2.24, 2.45) is 0 Å². The van der Waals surface area contributed by atoms with Crippen molar-refractivity contribution < 1.29 is 0 Å². The van der Waals surface area contributed by atoms with Gasteiger partial charge >= 0.3 is 0 Å². The summed E-state index contributed by atoms with van der Waals surface area (Å²) >= 11 is 0. The summed E-state index contributed by atoms with van der Waals surface area (Å²) < 4.78 is 0. The zero-order valence-electron chi connectivity index (χ0n) is 37.6. The van der Waals surface area contributed by atoms with Crippen LogP contribution in [0.2, 0.25) is 0 Å². The molecule has 0 aromatic heterocycles. The van der Waals surface area contributed by atoms with Crippen molar-refractivity contribution in [3.05, 3.63) is 282 Å². The summed E-state index contributed by atoms with van der Waals surface area (Å²) in [7, 11) is 0. The molecule has 0 amide bonds. The molecule has 1 heteroatoms. The quantitative estimate of drug-likeness (QED) is 0.151. The Morgan fingerprint density at radius 2 is 0.701 bits per heavy atom. The predicted octanol–water partition coefficient (Wildman–Crippen LogP) is 17.5. The van der Waals surface area contributed by atoms with Crippen LogP contribution in [0.5, 0.6) is 0 Å². The molecule has 0 atom stereocenters. The van der Waals surface area contributed by atoms with Gasteiger partial charge in [-0.25, -0.2) is 0 Å². The molecule has 67 heavy (non-hydrogen) atoms. The molecule has 0 unspecified atom stereocenters. The summed E-state index contributed by atoms with van der Waals surface area (Å²) in [6.45, 7) is 4.78. The lowest BCUT2D eigenvalue weighted by Gasteiger charge is -2.46. The summed E-state index contributed by atoms with van der Waals surface area (Å²) in [5.41, 5.74) is 21.1. The first-order chi connectivity index (χ1) is 33.0. The van der Waals surface area contributed by atoms with Crippen LogP contribution in [-0.4, -0.2) is 0 Å². The Morgan fingerprint density at radius 1 is 0.284 bits per heavy atom. The second-order valence-corrected chi connectivity index (χ2v) is 18.8. The van der Waals surface area contributed by atoms with E-state index in [4.69, 9.17) is 0 Å². The van der Waals surface area contributed by atoms with Gasteiger partial charge in [0.05, 0.1) is 5.41 Å². The van der Waals surface area contributed by atoms with Gasteiger partial charge in [-0.2, -0.15) is 0 Å². The Morgan fingerprint density at radius 3 is 1.28 bits per heavy atom. The summed E-state index contributed by atoms with van der Waals surface area (Å²) in [5, 5.41) is 4.93. The van der Waals surface area contributed by atoms with Gasteiger partial charge in [-0.3, -0.25) is 0 Å². The fourth-order valence-corrected chi connectivity index (χ4v) is 11.8. The van der Waals surface area contributed by atoms with E-state index < -0.39 is 5.41 Å². The first-order valence-electron chi connectivity index (χ1n) is 23.5. The molecule has 11 aromatic carbocycles. The van der Waals surface area contributed by atoms with Crippen molar-refractivity contribution in [1.82, 2.24) is 0 Å². The van der Waals surface area contributed by atoms with Gasteiger partial charge in [-0.15, -0.1) is 0 Å². The molecule has 13 rings (SSSR count). The fourth-order valence-electron chi connectivity index (χ4n) is 11.8. The van der Waals surface area contributed by atoms with Crippen LogP contribution in [0.4, 0.5) is 17.1 Å².